The first-order valence-electron chi connectivity index (χ1n) is 9.34. The van der Waals surface area contributed by atoms with E-state index in [1.54, 1.807) is 6.20 Å². The van der Waals surface area contributed by atoms with E-state index in [2.05, 4.69) is 57.0 Å². The highest BCUT2D eigenvalue weighted by Gasteiger charge is 2.03. The molecular formula is C23H21N5O. The smallest absolute Gasteiger partial charge is 0.244 e. The van der Waals surface area contributed by atoms with Gasteiger partial charge in [-0.3, -0.25) is 0 Å². The van der Waals surface area contributed by atoms with Gasteiger partial charge in [0.25, 0.3) is 0 Å². The Hall–Kier alpha value is -3.93. The number of aromatic nitrogens is 3. The molecule has 2 N–H and O–H groups in total. The monoisotopic (exact) mass is 383 g/mol. The number of hydrogen-bond acceptors (Lipinski definition) is 6. The largest absolute Gasteiger partial charge is 0.457 e. The summed E-state index contributed by atoms with van der Waals surface area (Å²) in [6, 6.07) is 25.7. The van der Waals surface area contributed by atoms with Crippen molar-refractivity contribution in [2.75, 3.05) is 10.6 Å². The molecule has 4 rings (SSSR count). The van der Waals surface area contributed by atoms with E-state index in [9.17, 15) is 0 Å². The summed E-state index contributed by atoms with van der Waals surface area (Å²) in [6.07, 6.45) is 1.59. The summed E-state index contributed by atoms with van der Waals surface area (Å²) in [5.74, 6) is 2.66. The maximum absolute atomic E-state index is 5.81. The molecule has 0 fully saturated rings. The molecule has 0 aliphatic heterocycles. The van der Waals surface area contributed by atoms with E-state index in [1.807, 2.05) is 54.6 Å². The van der Waals surface area contributed by atoms with Crippen molar-refractivity contribution in [3.8, 4) is 11.5 Å². The number of aryl methyl sites for hydroxylation is 1. The first-order chi connectivity index (χ1) is 14.2. The van der Waals surface area contributed by atoms with Gasteiger partial charge in [-0.05, 0) is 48.9 Å². The topological polar surface area (TPSA) is 72.0 Å². The minimum Gasteiger partial charge on any atom is -0.457 e. The molecule has 0 aliphatic carbocycles. The number of rotatable bonds is 7. The predicted octanol–water partition coefficient (Wildman–Crippen LogP) is 5.33. The first kappa shape index (κ1) is 18.4. The summed E-state index contributed by atoms with van der Waals surface area (Å²) >= 11 is 0. The molecule has 0 bridgehead atoms. The van der Waals surface area contributed by atoms with Crippen LogP contribution in [0.3, 0.4) is 0 Å². The Bertz CT molecular complexity index is 1050. The molecule has 29 heavy (non-hydrogen) atoms. The van der Waals surface area contributed by atoms with Gasteiger partial charge in [-0.2, -0.15) is 10.1 Å². The minimum atomic E-state index is 0.472. The lowest BCUT2D eigenvalue weighted by Gasteiger charge is -2.09. The molecule has 6 heteroatoms. The average Bonchev–Trinajstić information content (AvgIpc) is 2.76. The van der Waals surface area contributed by atoms with Gasteiger partial charge < -0.3 is 15.4 Å². The number of hydrogen-bond donors (Lipinski definition) is 2. The molecule has 1 aromatic heterocycles. The summed E-state index contributed by atoms with van der Waals surface area (Å²) in [5.41, 5.74) is 3.28. The van der Waals surface area contributed by atoms with Crippen molar-refractivity contribution in [2.24, 2.45) is 0 Å². The Morgan fingerprint density at radius 2 is 1.55 bits per heavy atom. The van der Waals surface area contributed by atoms with Crippen molar-refractivity contribution >= 4 is 17.5 Å². The van der Waals surface area contributed by atoms with E-state index in [0.717, 1.165) is 22.7 Å². The molecule has 3 aromatic carbocycles. The van der Waals surface area contributed by atoms with Crippen LogP contribution in [-0.4, -0.2) is 15.2 Å². The number of anilines is 3. The third kappa shape index (κ3) is 5.29. The summed E-state index contributed by atoms with van der Waals surface area (Å²) in [7, 11) is 0. The molecule has 0 aliphatic rings. The fraction of sp³-hybridized carbons (Fsp3) is 0.0870. The van der Waals surface area contributed by atoms with E-state index >= 15 is 0 Å². The lowest BCUT2D eigenvalue weighted by molar-refractivity contribution is 0.483. The highest BCUT2D eigenvalue weighted by molar-refractivity contribution is 5.57. The Morgan fingerprint density at radius 3 is 2.31 bits per heavy atom. The molecule has 0 unspecified atom stereocenters. The summed E-state index contributed by atoms with van der Waals surface area (Å²) in [4.78, 5) is 4.46. The molecule has 0 spiro atoms. The minimum absolute atomic E-state index is 0.472. The van der Waals surface area contributed by atoms with Crippen LogP contribution in [0.5, 0.6) is 11.5 Å². The quantitative estimate of drug-likeness (QED) is 0.449. The van der Waals surface area contributed by atoms with Gasteiger partial charge in [-0.1, -0.05) is 48.0 Å². The molecule has 0 amide bonds. The van der Waals surface area contributed by atoms with E-state index in [-0.39, 0.29) is 0 Å². The Balaban J connectivity index is 1.36. The molecule has 144 valence electrons. The van der Waals surface area contributed by atoms with Crippen molar-refractivity contribution in [2.45, 2.75) is 13.5 Å². The highest BCUT2D eigenvalue weighted by Crippen LogP contribution is 2.23. The zero-order valence-corrected chi connectivity index (χ0v) is 16.0. The number of benzene rings is 3. The predicted molar refractivity (Wildman–Crippen MR) is 115 cm³/mol. The van der Waals surface area contributed by atoms with E-state index < -0.39 is 0 Å². The molecular weight excluding hydrogens is 362 g/mol. The second-order valence-electron chi connectivity index (χ2n) is 6.57. The summed E-state index contributed by atoms with van der Waals surface area (Å²) in [5, 5.41) is 14.5. The fourth-order valence-corrected chi connectivity index (χ4v) is 2.70. The van der Waals surface area contributed by atoms with Gasteiger partial charge in [0.05, 0.1) is 6.20 Å². The van der Waals surface area contributed by atoms with Crippen LogP contribution >= 0.6 is 0 Å². The third-order valence-electron chi connectivity index (χ3n) is 4.24. The molecule has 6 nitrogen and oxygen atoms in total. The Labute approximate surface area is 169 Å². The van der Waals surface area contributed by atoms with Crippen LogP contribution in [0, 0.1) is 6.92 Å². The molecule has 1 heterocycles. The van der Waals surface area contributed by atoms with Crippen molar-refractivity contribution < 1.29 is 4.74 Å². The van der Waals surface area contributed by atoms with Crippen LogP contribution in [0.1, 0.15) is 11.1 Å². The van der Waals surface area contributed by atoms with Gasteiger partial charge >= 0.3 is 0 Å². The van der Waals surface area contributed by atoms with Crippen LogP contribution in [0.25, 0.3) is 0 Å². The lowest BCUT2D eigenvalue weighted by Crippen LogP contribution is -2.06. The summed E-state index contributed by atoms with van der Waals surface area (Å²) < 4.78 is 5.81. The summed E-state index contributed by atoms with van der Waals surface area (Å²) in [6.45, 7) is 2.71. The SMILES string of the molecule is Cc1ccc(CNc2nncc(Nc3ccc(Oc4ccccc4)cc3)n2)cc1. The second-order valence-corrected chi connectivity index (χ2v) is 6.57. The normalized spacial score (nSPS) is 10.4. The standard InChI is InChI=1S/C23H21N5O/c1-17-7-9-18(10-8-17)15-24-23-27-22(16-25-28-23)26-19-11-13-21(14-12-19)29-20-5-3-2-4-6-20/h2-14,16H,15H2,1H3,(H2,24,26,27,28). The van der Waals surface area contributed by atoms with Crippen LogP contribution in [0.2, 0.25) is 0 Å². The maximum atomic E-state index is 5.81. The Morgan fingerprint density at radius 1 is 0.828 bits per heavy atom. The maximum Gasteiger partial charge on any atom is 0.244 e. The molecule has 0 saturated carbocycles. The van der Waals surface area contributed by atoms with Crippen LogP contribution in [-0.2, 0) is 6.54 Å². The van der Waals surface area contributed by atoms with Crippen molar-refractivity contribution in [1.82, 2.24) is 15.2 Å². The molecule has 0 atom stereocenters. The van der Waals surface area contributed by atoms with Crippen LogP contribution in [0.15, 0.2) is 85.1 Å². The number of para-hydroxylation sites is 1. The third-order valence-corrected chi connectivity index (χ3v) is 4.24. The fourth-order valence-electron chi connectivity index (χ4n) is 2.70. The molecule has 4 aromatic rings. The van der Waals surface area contributed by atoms with Gasteiger partial charge in [-0.15, -0.1) is 5.10 Å². The van der Waals surface area contributed by atoms with Crippen LogP contribution < -0.4 is 15.4 Å². The van der Waals surface area contributed by atoms with Gasteiger partial charge in [0.15, 0.2) is 5.82 Å². The van der Waals surface area contributed by atoms with Crippen molar-refractivity contribution in [3.63, 3.8) is 0 Å². The van der Waals surface area contributed by atoms with Gasteiger partial charge in [-0.25, -0.2) is 0 Å². The van der Waals surface area contributed by atoms with E-state index in [1.165, 1.54) is 5.56 Å². The zero-order chi connectivity index (χ0) is 19.9. The van der Waals surface area contributed by atoms with Crippen molar-refractivity contribution in [1.29, 1.82) is 0 Å². The lowest BCUT2D eigenvalue weighted by atomic mass is 10.1. The van der Waals surface area contributed by atoms with Crippen molar-refractivity contribution in [3.05, 3.63) is 96.2 Å². The highest BCUT2D eigenvalue weighted by atomic mass is 16.5. The average molecular weight is 383 g/mol. The number of ether oxygens (including phenoxy) is 1. The number of nitrogens with zero attached hydrogens (tertiary/aromatic N) is 3. The van der Waals surface area contributed by atoms with Gasteiger partial charge in [0.2, 0.25) is 5.95 Å². The zero-order valence-electron chi connectivity index (χ0n) is 16.0. The first-order valence-corrected chi connectivity index (χ1v) is 9.34. The van der Waals surface area contributed by atoms with E-state index in [4.69, 9.17) is 4.74 Å². The van der Waals surface area contributed by atoms with Crippen LogP contribution in [0.4, 0.5) is 17.5 Å². The Kier molecular flexibility index (Phi) is 5.62. The molecule has 0 saturated heterocycles. The van der Waals surface area contributed by atoms with Gasteiger partial charge in [0, 0.05) is 12.2 Å². The van der Waals surface area contributed by atoms with Gasteiger partial charge in [0.1, 0.15) is 11.5 Å². The molecule has 0 radical (unpaired) electrons. The number of nitrogens with one attached hydrogen (secondary N) is 2. The second kappa shape index (κ2) is 8.84. The van der Waals surface area contributed by atoms with E-state index in [0.29, 0.717) is 18.3 Å².